The van der Waals surface area contributed by atoms with Crippen LogP contribution < -0.4 is 4.74 Å². The number of nitrogens with zero attached hydrogens (tertiary/aromatic N) is 1. The van der Waals surface area contributed by atoms with Crippen molar-refractivity contribution >= 4 is 27.2 Å². The fourth-order valence-electron chi connectivity index (χ4n) is 2.59. The number of methoxy groups -OCH3 is 1. The third kappa shape index (κ3) is 2.71. The molecule has 6 nitrogen and oxygen atoms in total. The maximum atomic E-state index is 12.9. The van der Waals surface area contributed by atoms with Crippen molar-refractivity contribution in [3.8, 4) is 5.75 Å². The van der Waals surface area contributed by atoms with Crippen LogP contribution in [0.1, 0.15) is 41.4 Å². The van der Waals surface area contributed by atoms with Gasteiger partial charge in [-0.1, -0.05) is 23.7 Å². The van der Waals surface area contributed by atoms with E-state index < -0.39 is 9.84 Å². The van der Waals surface area contributed by atoms with E-state index in [1.165, 1.54) is 25.4 Å². The van der Waals surface area contributed by atoms with E-state index in [9.17, 15) is 13.2 Å². The molecule has 2 aromatic rings. The molecule has 1 aromatic heterocycles. The van der Waals surface area contributed by atoms with Crippen LogP contribution in [0, 0.1) is 0 Å². The minimum Gasteiger partial charge on any atom is -0.494 e. The van der Waals surface area contributed by atoms with E-state index in [2.05, 4.69) is 5.16 Å². The Morgan fingerprint density at radius 3 is 2.54 bits per heavy atom. The molecule has 8 heteroatoms. The highest BCUT2D eigenvalue weighted by Crippen LogP contribution is 2.49. The third-order valence-electron chi connectivity index (χ3n) is 4.27. The highest BCUT2D eigenvalue weighted by Gasteiger charge is 2.45. The second kappa shape index (κ2) is 5.60. The number of benzene rings is 1. The van der Waals surface area contributed by atoms with Crippen molar-refractivity contribution in [2.24, 2.45) is 0 Å². The summed E-state index contributed by atoms with van der Waals surface area (Å²) in [4.78, 5) is 12.8. The maximum Gasteiger partial charge on any atom is 0.199 e. The molecule has 0 atom stereocenters. The molecular formula is C16H16ClNO5S. The van der Waals surface area contributed by atoms with E-state index in [1.807, 2.05) is 6.92 Å². The van der Waals surface area contributed by atoms with Crippen molar-refractivity contribution in [3.05, 3.63) is 40.2 Å². The lowest BCUT2D eigenvalue weighted by Crippen LogP contribution is -2.10. The first-order chi connectivity index (χ1) is 11.2. The smallest absolute Gasteiger partial charge is 0.199 e. The van der Waals surface area contributed by atoms with Gasteiger partial charge in [-0.05, 0) is 25.0 Å². The Bertz CT molecular complexity index is 928. The summed E-state index contributed by atoms with van der Waals surface area (Å²) >= 11 is 6.25. The monoisotopic (exact) mass is 369 g/mol. The van der Waals surface area contributed by atoms with Crippen LogP contribution in [0.25, 0.3) is 0 Å². The molecule has 24 heavy (non-hydrogen) atoms. The molecule has 1 aliphatic rings. The van der Waals surface area contributed by atoms with Crippen LogP contribution in [0.3, 0.4) is 0 Å². The Kier molecular flexibility index (Phi) is 3.96. The average molecular weight is 370 g/mol. The number of ketones is 1. The van der Waals surface area contributed by atoms with E-state index in [-0.39, 0.29) is 32.4 Å². The lowest BCUT2D eigenvalue weighted by atomic mass is 9.96. The van der Waals surface area contributed by atoms with Gasteiger partial charge in [0.05, 0.1) is 23.9 Å². The van der Waals surface area contributed by atoms with Crippen molar-refractivity contribution in [1.82, 2.24) is 5.16 Å². The van der Waals surface area contributed by atoms with Crippen LogP contribution in [-0.2, 0) is 15.3 Å². The number of hydrogen-bond acceptors (Lipinski definition) is 6. The first kappa shape index (κ1) is 17.0. The molecule has 0 bridgehead atoms. The van der Waals surface area contributed by atoms with E-state index in [4.69, 9.17) is 20.9 Å². The van der Waals surface area contributed by atoms with Crippen molar-refractivity contribution in [3.63, 3.8) is 0 Å². The normalized spacial score (nSPS) is 16.0. The fourth-order valence-corrected chi connectivity index (χ4v) is 3.81. The Labute approximate surface area is 144 Å². The molecule has 0 aliphatic heterocycles. The Balaban J connectivity index is 2.11. The molecule has 0 spiro atoms. The van der Waals surface area contributed by atoms with Crippen LogP contribution in [0.5, 0.6) is 5.75 Å². The van der Waals surface area contributed by atoms with Gasteiger partial charge >= 0.3 is 0 Å². The minimum absolute atomic E-state index is 0.0411. The highest BCUT2D eigenvalue weighted by atomic mass is 35.5. The largest absolute Gasteiger partial charge is 0.494 e. The van der Waals surface area contributed by atoms with Crippen LogP contribution in [0.15, 0.2) is 27.7 Å². The van der Waals surface area contributed by atoms with Crippen LogP contribution in [0.2, 0.25) is 5.02 Å². The molecule has 1 aromatic carbocycles. The van der Waals surface area contributed by atoms with Gasteiger partial charge in [-0.15, -0.1) is 0 Å². The number of carbonyl (C=O) groups is 1. The molecule has 128 valence electrons. The summed E-state index contributed by atoms with van der Waals surface area (Å²) in [6.45, 7) is 2.00. The van der Waals surface area contributed by atoms with Crippen LogP contribution in [0.4, 0.5) is 0 Å². The molecule has 0 unspecified atom stereocenters. The molecule has 0 radical (unpaired) electrons. The van der Waals surface area contributed by atoms with Crippen molar-refractivity contribution in [2.45, 2.75) is 30.1 Å². The van der Waals surface area contributed by atoms with E-state index in [1.54, 1.807) is 0 Å². The van der Waals surface area contributed by atoms with E-state index >= 15 is 0 Å². The van der Waals surface area contributed by atoms with Gasteiger partial charge in [0.25, 0.3) is 0 Å². The topological polar surface area (TPSA) is 86.5 Å². The van der Waals surface area contributed by atoms with E-state index in [0.717, 1.165) is 19.1 Å². The molecule has 0 amide bonds. The van der Waals surface area contributed by atoms with Crippen molar-refractivity contribution in [2.75, 3.05) is 13.4 Å². The number of halogens is 1. The van der Waals surface area contributed by atoms with Crippen molar-refractivity contribution < 1.29 is 22.5 Å². The highest BCUT2D eigenvalue weighted by molar-refractivity contribution is 7.90. The first-order valence-corrected chi connectivity index (χ1v) is 9.52. The standard InChI is InChI=1S/C16H16ClNO5S/c1-16(6-7-16)15-10(8-18-23-15)13(19)9-4-5-11(24(3,20)21)14(22-2)12(9)17/h4-5,8H,6-7H2,1-3H3. The van der Waals surface area contributed by atoms with Crippen LogP contribution in [-0.4, -0.2) is 32.7 Å². The van der Waals surface area contributed by atoms with Gasteiger partial charge in [-0.3, -0.25) is 4.79 Å². The van der Waals surface area contributed by atoms with Crippen molar-refractivity contribution in [1.29, 1.82) is 0 Å². The van der Waals surface area contributed by atoms with Gasteiger partial charge in [0, 0.05) is 17.2 Å². The maximum absolute atomic E-state index is 12.9. The quantitative estimate of drug-likeness (QED) is 0.753. The van der Waals surface area contributed by atoms with Gasteiger partial charge in [-0.2, -0.15) is 0 Å². The molecule has 1 saturated carbocycles. The lowest BCUT2D eigenvalue weighted by Gasteiger charge is -2.12. The zero-order valence-corrected chi connectivity index (χ0v) is 15.0. The van der Waals surface area contributed by atoms with Gasteiger partial charge in [0.1, 0.15) is 4.90 Å². The van der Waals surface area contributed by atoms with Gasteiger partial charge in [-0.25, -0.2) is 8.42 Å². The second-order valence-electron chi connectivity index (χ2n) is 6.19. The number of aromatic nitrogens is 1. The SMILES string of the molecule is COc1c(S(C)(=O)=O)ccc(C(=O)c2cnoc2C2(C)CC2)c1Cl. The number of rotatable bonds is 5. The molecule has 3 rings (SSSR count). The molecule has 1 aliphatic carbocycles. The molecule has 0 saturated heterocycles. The summed E-state index contributed by atoms with van der Waals surface area (Å²) in [5, 5.41) is 3.70. The zero-order chi connectivity index (χ0) is 17.7. The number of ether oxygens (including phenoxy) is 1. The minimum atomic E-state index is -3.54. The fraction of sp³-hybridized carbons (Fsp3) is 0.375. The zero-order valence-electron chi connectivity index (χ0n) is 13.4. The number of hydrogen-bond donors (Lipinski definition) is 0. The summed E-state index contributed by atoms with van der Waals surface area (Å²) in [5.74, 6) is 0.123. The third-order valence-corrected chi connectivity index (χ3v) is 5.77. The lowest BCUT2D eigenvalue weighted by molar-refractivity contribution is 0.103. The summed E-state index contributed by atoms with van der Waals surface area (Å²) in [7, 11) is -2.23. The predicted molar refractivity (Wildman–Crippen MR) is 87.6 cm³/mol. The summed E-state index contributed by atoms with van der Waals surface area (Å²) < 4.78 is 34.0. The summed E-state index contributed by atoms with van der Waals surface area (Å²) in [6, 6.07) is 2.70. The van der Waals surface area contributed by atoms with E-state index in [0.29, 0.717) is 11.3 Å². The summed E-state index contributed by atoms with van der Waals surface area (Å²) in [6.07, 6.45) is 4.27. The van der Waals surface area contributed by atoms with Gasteiger partial charge in [0.2, 0.25) is 0 Å². The average Bonchev–Trinajstić information content (AvgIpc) is 3.07. The number of carbonyl (C=O) groups excluding carboxylic acids is 1. The summed E-state index contributed by atoms with van der Waals surface area (Å²) in [5.41, 5.74) is 0.311. The first-order valence-electron chi connectivity index (χ1n) is 7.25. The van der Waals surface area contributed by atoms with Crippen LogP contribution >= 0.6 is 11.6 Å². The van der Waals surface area contributed by atoms with Gasteiger partial charge < -0.3 is 9.26 Å². The molecular weight excluding hydrogens is 354 g/mol. The number of sulfone groups is 1. The Morgan fingerprint density at radius 2 is 2.00 bits per heavy atom. The van der Waals surface area contributed by atoms with Gasteiger partial charge in [0.15, 0.2) is 27.1 Å². The molecule has 1 heterocycles. The molecule has 1 fully saturated rings. The molecule has 0 N–H and O–H groups in total. The second-order valence-corrected chi connectivity index (χ2v) is 8.55. The Hall–Kier alpha value is -1.86. The predicted octanol–water partition coefficient (Wildman–Crippen LogP) is 3.02. The Morgan fingerprint density at radius 1 is 1.33 bits per heavy atom.